The lowest BCUT2D eigenvalue weighted by Gasteiger charge is -2.22. The number of carbonyl (C=O) groups is 1. The topological polar surface area (TPSA) is 53.7 Å². The molecule has 0 saturated carbocycles. The lowest BCUT2D eigenvalue weighted by atomic mass is 10.1. The second-order valence-corrected chi connectivity index (χ2v) is 6.13. The van der Waals surface area contributed by atoms with E-state index in [4.69, 9.17) is 9.52 Å². The molecule has 0 atom stereocenters. The van der Waals surface area contributed by atoms with Crippen molar-refractivity contribution in [2.24, 2.45) is 0 Å². The number of furan rings is 1. The van der Waals surface area contributed by atoms with Crippen LogP contribution in [0.4, 0.5) is 0 Å². The molecule has 0 fully saturated rings. The Morgan fingerprint density at radius 3 is 2.32 bits per heavy atom. The number of rotatable bonds is 7. The van der Waals surface area contributed by atoms with Crippen LogP contribution in [0.15, 0.2) is 71.1 Å². The molecule has 3 aromatic rings. The maximum Gasteiger partial charge on any atom is 0.371 e. The van der Waals surface area contributed by atoms with Crippen molar-refractivity contribution in [3.8, 4) is 0 Å². The molecule has 0 unspecified atom stereocenters. The molecule has 0 aliphatic rings. The molecular weight excluding hydrogens is 314 g/mol. The van der Waals surface area contributed by atoms with Gasteiger partial charge in [-0.3, -0.25) is 4.90 Å². The Balaban J connectivity index is 1.80. The smallest absolute Gasteiger partial charge is 0.371 e. The van der Waals surface area contributed by atoms with Crippen LogP contribution in [-0.2, 0) is 19.6 Å². The quantitative estimate of drug-likeness (QED) is 0.691. The van der Waals surface area contributed by atoms with Crippen molar-refractivity contribution in [3.05, 3.63) is 94.9 Å². The standard InChI is InChI=1S/C21H21NO3/c1-16-7-5-6-10-18(16)14-22(13-17-8-3-2-4-9-17)15-19-11-12-20(25-19)21(23)24/h2-12H,13-15H2,1H3,(H,23,24). The van der Waals surface area contributed by atoms with Gasteiger partial charge in [-0.15, -0.1) is 0 Å². The fourth-order valence-corrected chi connectivity index (χ4v) is 2.84. The molecule has 2 aromatic carbocycles. The van der Waals surface area contributed by atoms with E-state index in [0.717, 1.165) is 13.1 Å². The minimum Gasteiger partial charge on any atom is -0.475 e. The third kappa shape index (κ3) is 4.58. The first-order valence-electron chi connectivity index (χ1n) is 8.24. The van der Waals surface area contributed by atoms with Gasteiger partial charge in [0.15, 0.2) is 0 Å². The van der Waals surface area contributed by atoms with Gasteiger partial charge in [-0.25, -0.2) is 4.79 Å². The first kappa shape index (κ1) is 17.0. The molecule has 0 saturated heterocycles. The molecule has 0 aliphatic heterocycles. The Kier molecular flexibility index (Phi) is 5.31. The zero-order valence-corrected chi connectivity index (χ0v) is 14.2. The molecule has 1 heterocycles. The molecule has 0 bridgehead atoms. The first-order chi connectivity index (χ1) is 12.1. The van der Waals surface area contributed by atoms with E-state index in [1.807, 2.05) is 30.3 Å². The third-order valence-corrected chi connectivity index (χ3v) is 4.16. The average molecular weight is 335 g/mol. The predicted octanol–water partition coefficient (Wildman–Crippen LogP) is 4.49. The van der Waals surface area contributed by atoms with Gasteiger partial charge in [-0.2, -0.15) is 0 Å². The van der Waals surface area contributed by atoms with Gasteiger partial charge in [0.05, 0.1) is 6.54 Å². The van der Waals surface area contributed by atoms with Crippen LogP contribution < -0.4 is 0 Å². The number of carboxylic acids is 1. The Bertz CT molecular complexity index is 839. The zero-order chi connectivity index (χ0) is 17.6. The van der Waals surface area contributed by atoms with Crippen molar-refractivity contribution in [1.29, 1.82) is 0 Å². The summed E-state index contributed by atoms with van der Waals surface area (Å²) in [5.74, 6) is -0.410. The van der Waals surface area contributed by atoms with E-state index in [0.29, 0.717) is 12.3 Å². The van der Waals surface area contributed by atoms with Gasteiger partial charge in [0, 0.05) is 13.1 Å². The van der Waals surface area contributed by atoms with Gasteiger partial charge in [0.25, 0.3) is 0 Å². The van der Waals surface area contributed by atoms with E-state index >= 15 is 0 Å². The summed E-state index contributed by atoms with van der Waals surface area (Å²) in [4.78, 5) is 13.3. The van der Waals surface area contributed by atoms with Crippen molar-refractivity contribution in [2.75, 3.05) is 0 Å². The fraction of sp³-hybridized carbons (Fsp3) is 0.190. The molecule has 1 N–H and O–H groups in total. The lowest BCUT2D eigenvalue weighted by molar-refractivity contribution is 0.0658. The number of nitrogens with zero attached hydrogens (tertiary/aromatic N) is 1. The van der Waals surface area contributed by atoms with Crippen molar-refractivity contribution < 1.29 is 14.3 Å². The molecule has 1 aromatic heterocycles. The summed E-state index contributed by atoms with van der Waals surface area (Å²) in [6.45, 7) is 4.19. The molecule has 128 valence electrons. The summed E-state index contributed by atoms with van der Waals surface area (Å²) in [6, 6.07) is 21.8. The molecule has 4 nitrogen and oxygen atoms in total. The second-order valence-electron chi connectivity index (χ2n) is 6.13. The summed E-state index contributed by atoms with van der Waals surface area (Å²) in [5, 5.41) is 9.03. The molecule has 0 radical (unpaired) electrons. The molecular formula is C21H21NO3. The first-order valence-corrected chi connectivity index (χ1v) is 8.24. The minimum absolute atomic E-state index is 0.0226. The summed E-state index contributed by atoms with van der Waals surface area (Å²) in [6.07, 6.45) is 0. The van der Waals surface area contributed by atoms with Crippen LogP contribution >= 0.6 is 0 Å². The summed E-state index contributed by atoms with van der Waals surface area (Å²) in [7, 11) is 0. The van der Waals surface area contributed by atoms with Gasteiger partial charge >= 0.3 is 5.97 Å². The van der Waals surface area contributed by atoms with Crippen molar-refractivity contribution >= 4 is 5.97 Å². The van der Waals surface area contributed by atoms with E-state index in [1.165, 1.54) is 22.8 Å². The van der Waals surface area contributed by atoms with Crippen LogP contribution in [0.3, 0.4) is 0 Å². The Morgan fingerprint density at radius 2 is 1.64 bits per heavy atom. The van der Waals surface area contributed by atoms with Crippen molar-refractivity contribution in [2.45, 2.75) is 26.6 Å². The van der Waals surface area contributed by atoms with E-state index in [-0.39, 0.29) is 5.76 Å². The fourth-order valence-electron chi connectivity index (χ4n) is 2.84. The minimum atomic E-state index is -1.04. The normalized spacial score (nSPS) is 11.0. The molecule has 4 heteroatoms. The van der Waals surface area contributed by atoms with Gasteiger partial charge in [-0.1, -0.05) is 54.6 Å². The maximum atomic E-state index is 11.0. The monoisotopic (exact) mass is 335 g/mol. The molecule has 25 heavy (non-hydrogen) atoms. The average Bonchev–Trinajstić information content (AvgIpc) is 3.07. The number of hydrogen-bond acceptors (Lipinski definition) is 3. The maximum absolute atomic E-state index is 11.0. The third-order valence-electron chi connectivity index (χ3n) is 4.16. The highest BCUT2D eigenvalue weighted by Crippen LogP contribution is 2.18. The van der Waals surface area contributed by atoms with Crippen LogP contribution in [0, 0.1) is 6.92 Å². The number of aryl methyl sites for hydroxylation is 1. The SMILES string of the molecule is Cc1ccccc1CN(Cc1ccccc1)Cc1ccc(C(=O)O)o1. The lowest BCUT2D eigenvalue weighted by Crippen LogP contribution is -2.22. The summed E-state index contributed by atoms with van der Waals surface area (Å²) < 4.78 is 5.44. The summed E-state index contributed by atoms with van der Waals surface area (Å²) in [5.41, 5.74) is 3.70. The number of aromatic carboxylic acids is 1. The highest BCUT2D eigenvalue weighted by atomic mass is 16.4. The van der Waals surface area contributed by atoms with Crippen molar-refractivity contribution in [1.82, 2.24) is 4.90 Å². The van der Waals surface area contributed by atoms with Crippen LogP contribution in [0.25, 0.3) is 0 Å². The van der Waals surface area contributed by atoms with Gasteiger partial charge in [0.2, 0.25) is 5.76 Å². The van der Waals surface area contributed by atoms with E-state index in [1.54, 1.807) is 6.07 Å². The van der Waals surface area contributed by atoms with Crippen LogP contribution in [0.2, 0.25) is 0 Å². The largest absolute Gasteiger partial charge is 0.475 e. The molecule has 3 rings (SSSR count). The molecule has 0 aliphatic carbocycles. The van der Waals surface area contributed by atoms with E-state index < -0.39 is 5.97 Å². The van der Waals surface area contributed by atoms with E-state index in [2.05, 4.69) is 36.1 Å². The second kappa shape index (κ2) is 7.81. The van der Waals surface area contributed by atoms with Crippen LogP contribution in [0.1, 0.15) is 33.0 Å². The van der Waals surface area contributed by atoms with E-state index in [9.17, 15) is 4.79 Å². The predicted molar refractivity (Wildman–Crippen MR) is 96.2 cm³/mol. The van der Waals surface area contributed by atoms with Crippen molar-refractivity contribution in [3.63, 3.8) is 0 Å². The van der Waals surface area contributed by atoms with Gasteiger partial charge in [0.1, 0.15) is 5.76 Å². The molecule has 0 spiro atoms. The zero-order valence-electron chi connectivity index (χ0n) is 14.2. The number of hydrogen-bond donors (Lipinski definition) is 1. The molecule has 0 amide bonds. The van der Waals surface area contributed by atoms with Crippen LogP contribution in [-0.4, -0.2) is 16.0 Å². The number of benzene rings is 2. The van der Waals surface area contributed by atoms with Gasteiger partial charge in [-0.05, 0) is 35.7 Å². The summed E-state index contributed by atoms with van der Waals surface area (Å²) >= 11 is 0. The Morgan fingerprint density at radius 1 is 0.920 bits per heavy atom. The highest BCUT2D eigenvalue weighted by Gasteiger charge is 2.14. The van der Waals surface area contributed by atoms with Gasteiger partial charge < -0.3 is 9.52 Å². The Labute approximate surface area is 147 Å². The number of carboxylic acid groups (broad SMARTS) is 1. The highest BCUT2D eigenvalue weighted by molar-refractivity contribution is 5.84. The van der Waals surface area contributed by atoms with Crippen LogP contribution in [0.5, 0.6) is 0 Å². The Hall–Kier alpha value is -2.85.